The Hall–Kier alpha value is -4.39. The molecule has 0 amide bonds. The fourth-order valence-electron chi connectivity index (χ4n) is 8.97. The lowest BCUT2D eigenvalue weighted by Gasteiger charge is -2.42. The molecule has 0 aromatic rings. The van der Waals surface area contributed by atoms with Crippen molar-refractivity contribution in [2.75, 3.05) is 33.0 Å². The van der Waals surface area contributed by atoms with Crippen LogP contribution >= 0.6 is 0 Å². The standard InChI is InChI=1S/C71H112O14/c1-3-5-7-9-11-13-15-17-19-21-23-25-27-29-31-33-35-37-39-41-43-45-47-49-51-53-55-80-57-60(58-81-70-69(79)67(77)65(75)62(85-70)59-82-71-68(78)66(76)64(74)61(56-72)84-71)83-63(73)54-52-50-48-46-44-42-40-38-36-34-32-30-28-26-24-22-20-18-16-14-12-10-8-6-4-2/h5-8,11-14,17-20,23-26,29-32,35-38,41,43,60-62,64-72,74-79H,3-4,9-10,15-16,21-22,27-28,33-34,39-40,42,44-59H2,1-2H3/b7-5-,8-6-,13-11-,14-12-,19-17-,20-18-,25-23-,26-24-,31-29-,32-30-,37-35-,38-36-,43-41-. The number of ether oxygens (including phenoxy) is 6. The Balaban J connectivity index is 1.72. The fraction of sp³-hybridized carbons (Fsp3) is 0.620. The van der Waals surface area contributed by atoms with E-state index in [0.717, 1.165) is 154 Å². The summed E-state index contributed by atoms with van der Waals surface area (Å²) in [6.45, 7) is 3.35. The molecule has 0 aromatic carbocycles. The largest absolute Gasteiger partial charge is 0.457 e. The van der Waals surface area contributed by atoms with E-state index in [2.05, 4.69) is 172 Å². The first-order valence-electron chi connectivity index (χ1n) is 32.1. The van der Waals surface area contributed by atoms with Gasteiger partial charge in [-0.2, -0.15) is 0 Å². The van der Waals surface area contributed by atoms with Gasteiger partial charge in [-0.1, -0.05) is 210 Å². The molecule has 2 saturated heterocycles. The first-order chi connectivity index (χ1) is 41.6. The van der Waals surface area contributed by atoms with Crippen LogP contribution in [0.2, 0.25) is 0 Å². The van der Waals surface area contributed by atoms with Crippen molar-refractivity contribution in [3.8, 4) is 0 Å². The Morgan fingerprint density at radius 1 is 0.388 bits per heavy atom. The van der Waals surface area contributed by atoms with Crippen molar-refractivity contribution in [3.05, 3.63) is 158 Å². The summed E-state index contributed by atoms with van der Waals surface area (Å²) in [7, 11) is 0. The number of esters is 1. The van der Waals surface area contributed by atoms with Gasteiger partial charge in [-0.05, 0) is 122 Å². The number of unbranched alkanes of at least 4 members (excludes halogenated alkanes) is 10. The van der Waals surface area contributed by atoms with E-state index < -0.39 is 86.7 Å². The summed E-state index contributed by atoms with van der Waals surface area (Å²) >= 11 is 0. The van der Waals surface area contributed by atoms with E-state index in [4.69, 9.17) is 28.4 Å². The predicted molar refractivity (Wildman–Crippen MR) is 343 cm³/mol. The molecule has 2 heterocycles. The van der Waals surface area contributed by atoms with Crippen LogP contribution < -0.4 is 0 Å². The van der Waals surface area contributed by atoms with Crippen LogP contribution in [-0.4, -0.2) is 142 Å². The average Bonchev–Trinajstić information content (AvgIpc) is 2.82. The van der Waals surface area contributed by atoms with E-state index in [1.807, 2.05) is 0 Å². The molecule has 0 aromatic heterocycles. The van der Waals surface area contributed by atoms with Gasteiger partial charge in [-0.25, -0.2) is 0 Å². The van der Waals surface area contributed by atoms with Crippen molar-refractivity contribution in [3.63, 3.8) is 0 Å². The van der Waals surface area contributed by atoms with Crippen LogP contribution in [0.3, 0.4) is 0 Å². The molecular weight excluding hydrogens is 1080 g/mol. The van der Waals surface area contributed by atoms with Crippen LogP contribution in [0.5, 0.6) is 0 Å². The second kappa shape index (κ2) is 55.0. The molecule has 2 rings (SSSR count). The lowest BCUT2D eigenvalue weighted by molar-refractivity contribution is -0.332. The van der Waals surface area contributed by atoms with E-state index in [1.165, 1.54) is 0 Å². The van der Waals surface area contributed by atoms with E-state index >= 15 is 0 Å². The van der Waals surface area contributed by atoms with Crippen molar-refractivity contribution >= 4 is 5.97 Å². The van der Waals surface area contributed by atoms with Gasteiger partial charge in [0.15, 0.2) is 12.6 Å². The van der Waals surface area contributed by atoms with Crippen molar-refractivity contribution in [2.45, 2.75) is 248 Å². The van der Waals surface area contributed by atoms with Gasteiger partial charge >= 0.3 is 5.97 Å². The Labute approximate surface area is 512 Å². The highest BCUT2D eigenvalue weighted by Crippen LogP contribution is 2.26. The molecule has 2 fully saturated rings. The molecule has 2 aliphatic heterocycles. The van der Waals surface area contributed by atoms with Crippen molar-refractivity contribution in [2.24, 2.45) is 0 Å². The number of hydrogen-bond donors (Lipinski definition) is 7. The Kier molecular flexibility index (Phi) is 49.6. The van der Waals surface area contributed by atoms with Crippen molar-refractivity contribution in [1.29, 1.82) is 0 Å². The molecule has 0 bridgehead atoms. The molecule has 0 spiro atoms. The minimum atomic E-state index is -1.73. The number of aliphatic hydroxyl groups is 7. The molecule has 2 aliphatic rings. The molecule has 11 atom stereocenters. The second-order valence-electron chi connectivity index (χ2n) is 21.5. The molecule has 0 saturated carbocycles. The van der Waals surface area contributed by atoms with Crippen LogP contribution in [0.4, 0.5) is 0 Å². The molecule has 11 unspecified atom stereocenters. The zero-order chi connectivity index (χ0) is 61.5. The van der Waals surface area contributed by atoms with Crippen LogP contribution in [0.15, 0.2) is 158 Å². The average molecular weight is 1190 g/mol. The van der Waals surface area contributed by atoms with Crippen LogP contribution in [0, 0.1) is 0 Å². The predicted octanol–water partition coefficient (Wildman–Crippen LogP) is 13.0. The lowest BCUT2D eigenvalue weighted by atomic mass is 9.98. The summed E-state index contributed by atoms with van der Waals surface area (Å²) in [6.07, 6.45) is 65.8. The maximum Gasteiger partial charge on any atom is 0.306 e. The van der Waals surface area contributed by atoms with Gasteiger partial charge in [0, 0.05) is 13.0 Å². The fourth-order valence-corrected chi connectivity index (χ4v) is 8.97. The molecular formula is C71H112O14. The van der Waals surface area contributed by atoms with Gasteiger partial charge in [0.05, 0.1) is 26.4 Å². The Morgan fingerprint density at radius 2 is 0.729 bits per heavy atom. The minimum absolute atomic E-state index is 0.0253. The van der Waals surface area contributed by atoms with Gasteiger partial charge in [-0.3, -0.25) is 4.79 Å². The topological polar surface area (TPSA) is 214 Å². The summed E-state index contributed by atoms with van der Waals surface area (Å²) in [5.41, 5.74) is 0. The van der Waals surface area contributed by atoms with Gasteiger partial charge in [0.25, 0.3) is 0 Å². The summed E-state index contributed by atoms with van der Waals surface area (Å²) in [6, 6.07) is 0. The van der Waals surface area contributed by atoms with E-state index in [0.29, 0.717) is 13.0 Å². The minimum Gasteiger partial charge on any atom is -0.457 e. The highest BCUT2D eigenvalue weighted by Gasteiger charge is 2.47. The SMILES string of the molecule is CC/C=C\C/C=C\C/C=C\C/C=C\C/C=C\C/C=C\C/C=C\CCCCCCOCC(COC1OC(COC2OC(CO)C(O)C(O)C2O)C(O)C(O)C1O)OC(=O)CCCCCCCC/C=C\C/C=C\C/C=C\C/C=C\C/C=C\C/C=C\CC. The number of carbonyl (C=O) groups is 1. The monoisotopic (exact) mass is 1190 g/mol. The van der Waals surface area contributed by atoms with Gasteiger partial charge in [0.1, 0.15) is 54.9 Å². The molecule has 7 N–H and O–H groups in total. The quantitative estimate of drug-likeness (QED) is 0.0172. The maximum absolute atomic E-state index is 13.1. The van der Waals surface area contributed by atoms with Crippen molar-refractivity contribution in [1.82, 2.24) is 0 Å². The maximum atomic E-state index is 13.1. The molecule has 0 radical (unpaired) electrons. The number of carbonyl (C=O) groups excluding carboxylic acids is 1. The van der Waals surface area contributed by atoms with E-state index in [1.54, 1.807) is 0 Å². The number of rotatable bonds is 50. The first kappa shape index (κ1) is 76.7. The van der Waals surface area contributed by atoms with Crippen molar-refractivity contribution < 1.29 is 69.0 Å². The van der Waals surface area contributed by atoms with Gasteiger partial charge < -0.3 is 64.2 Å². The summed E-state index contributed by atoms with van der Waals surface area (Å²) in [4.78, 5) is 13.1. The summed E-state index contributed by atoms with van der Waals surface area (Å²) < 4.78 is 34.4. The Bertz CT molecular complexity index is 2010. The number of allylic oxidation sites excluding steroid dienone is 26. The smallest absolute Gasteiger partial charge is 0.306 e. The second-order valence-corrected chi connectivity index (χ2v) is 21.5. The van der Waals surface area contributed by atoms with E-state index in [-0.39, 0.29) is 19.6 Å². The Morgan fingerprint density at radius 3 is 1.14 bits per heavy atom. The highest BCUT2D eigenvalue weighted by atomic mass is 16.7. The molecule has 14 heteroatoms. The van der Waals surface area contributed by atoms with E-state index in [9.17, 15) is 40.5 Å². The van der Waals surface area contributed by atoms with Crippen LogP contribution in [-0.2, 0) is 33.2 Å². The first-order valence-corrected chi connectivity index (χ1v) is 32.1. The van der Waals surface area contributed by atoms with Crippen LogP contribution in [0.1, 0.15) is 181 Å². The zero-order valence-electron chi connectivity index (χ0n) is 51.8. The lowest BCUT2D eigenvalue weighted by Crippen LogP contribution is -2.61. The summed E-state index contributed by atoms with van der Waals surface area (Å²) in [5.74, 6) is -0.407. The molecule has 0 aliphatic carbocycles. The number of aliphatic hydroxyl groups excluding tert-OH is 7. The zero-order valence-corrected chi connectivity index (χ0v) is 51.8. The molecule has 14 nitrogen and oxygen atoms in total. The third kappa shape index (κ3) is 40.7. The highest BCUT2D eigenvalue weighted by molar-refractivity contribution is 5.69. The molecule has 480 valence electrons. The molecule has 85 heavy (non-hydrogen) atoms. The van der Waals surface area contributed by atoms with Gasteiger partial charge in [0.2, 0.25) is 0 Å². The normalized spacial score (nSPS) is 24.2. The number of hydrogen-bond acceptors (Lipinski definition) is 14. The van der Waals surface area contributed by atoms with Gasteiger partial charge in [-0.15, -0.1) is 0 Å². The summed E-state index contributed by atoms with van der Waals surface area (Å²) in [5, 5.41) is 72.5. The third-order valence-electron chi connectivity index (χ3n) is 14.0. The third-order valence-corrected chi connectivity index (χ3v) is 14.0. The van der Waals surface area contributed by atoms with Crippen LogP contribution in [0.25, 0.3) is 0 Å².